The highest BCUT2D eigenvalue weighted by atomic mass is 79.9. The summed E-state index contributed by atoms with van der Waals surface area (Å²) in [4.78, 5) is 11.0. The third kappa shape index (κ3) is 2.82. The van der Waals surface area contributed by atoms with E-state index in [0.29, 0.717) is 15.7 Å². The predicted octanol–water partition coefficient (Wildman–Crippen LogP) is 2.65. The zero-order valence-corrected chi connectivity index (χ0v) is 10.2. The highest BCUT2D eigenvalue weighted by Crippen LogP contribution is 2.23. The van der Waals surface area contributed by atoms with E-state index in [2.05, 4.69) is 37.2 Å². The second kappa shape index (κ2) is 5.13. The highest BCUT2D eigenvalue weighted by molar-refractivity contribution is 9.10. The fourth-order valence-electron chi connectivity index (χ4n) is 0.870. The first-order valence-electron chi connectivity index (χ1n) is 3.73. The second-order valence-corrected chi connectivity index (χ2v) is 3.90. The molecule has 72 valence electrons. The van der Waals surface area contributed by atoms with Crippen LogP contribution in [0.15, 0.2) is 22.7 Å². The normalized spacial score (nSPS) is 9.21. The molecule has 0 aliphatic rings. The van der Waals surface area contributed by atoms with Crippen molar-refractivity contribution in [3.05, 3.63) is 28.2 Å². The van der Waals surface area contributed by atoms with E-state index in [1.54, 1.807) is 18.2 Å². The van der Waals surface area contributed by atoms with Crippen molar-refractivity contribution >= 4 is 43.5 Å². The lowest BCUT2D eigenvalue weighted by Gasteiger charge is -2.05. The van der Waals surface area contributed by atoms with Crippen LogP contribution in [-0.2, 0) is 4.79 Å². The number of nitrogens with zero attached hydrogens (tertiary/aromatic N) is 1. The van der Waals surface area contributed by atoms with Gasteiger partial charge in [-0.2, -0.15) is 5.26 Å². The van der Waals surface area contributed by atoms with Crippen molar-refractivity contribution in [3.8, 4) is 6.07 Å². The molecular formula is C9H6Br2N2O. The first-order chi connectivity index (χ1) is 6.67. The average Bonchev–Trinajstić information content (AvgIpc) is 2.20. The van der Waals surface area contributed by atoms with Crippen molar-refractivity contribution in [2.45, 2.75) is 0 Å². The maximum atomic E-state index is 11.0. The second-order valence-electron chi connectivity index (χ2n) is 2.49. The summed E-state index contributed by atoms with van der Waals surface area (Å²) in [5.74, 6) is -0.129. The Morgan fingerprint density at radius 2 is 2.29 bits per heavy atom. The van der Waals surface area contributed by atoms with Gasteiger partial charge in [0.05, 0.1) is 22.7 Å². The van der Waals surface area contributed by atoms with Crippen molar-refractivity contribution < 1.29 is 4.79 Å². The molecular weight excluding hydrogens is 312 g/mol. The van der Waals surface area contributed by atoms with Gasteiger partial charge < -0.3 is 5.32 Å². The Balaban J connectivity index is 2.90. The number of halogens is 2. The van der Waals surface area contributed by atoms with E-state index < -0.39 is 0 Å². The SMILES string of the molecule is N#Cc1ccc(NC(=O)CBr)c(Br)c1. The maximum absolute atomic E-state index is 11.0. The average molecular weight is 318 g/mol. The quantitative estimate of drug-likeness (QED) is 0.853. The van der Waals surface area contributed by atoms with E-state index in [1.165, 1.54) is 0 Å². The van der Waals surface area contributed by atoms with Crippen LogP contribution in [0.1, 0.15) is 5.56 Å². The number of carbonyl (C=O) groups is 1. The van der Waals surface area contributed by atoms with Gasteiger partial charge in [0, 0.05) is 4.47 Å². The third-order valence-corrected chi connectivity index (χ3v) is 2.66. The van der Waals surface area contributed by atoms with Gasteiger partial charge in [0.15, 0.2) is 0 Å². The van der Waals surface area contributed by atoms with Crippen molar-refractivity contribution in [1.29, 1.82) is 5.26 Å². The minimum atomic E-state index is -0.129. The number of carbonyl (C=O) groups excluding carboxylic acids is 1. The Kier molecular flexibility index (Phi) is 4.11. The highest BCUT2D eigenvalue weighted by Gasteiger charge is 2.04. The van der Waals surface area contributed by atoms with Gasteiger partial charge in [0.25, 0.3) is 0 Å². The predicted molar refractivity (Wildman–Crippen MR) is 61.3 cm³/mol. The zero-order valence-electron chi connectivity index (χ0n) is 7.05. The maximum Gasteiger partial charge on any atom is 0.235 e. The molecule has 0 aromatic heterocycles. The molecule has 0 fully saturated rings. The molecule has 1 aromatic rings. The van der Waals surface area contributed by atoms with E-state index in [1.807, 2.05) is 6.07 Å². The monoisotopic (exact) mass is 316 g/mol. The van der Waals surface area contributed by atoms with Crippen LogP contribution < -0.4 is 5.32 Å². The summed E-state index contributed by atoms with van der Waals surface area (Å²) >= 11 is 6.31. The van der Waals surface area contributed by atoms with Gasteiger partial charge in [-0.05, 0) is 34.1 Å². The fraction of sp³-hybridized carbons (Fsp3) is 0.111. The minimum Gasteiger partial charge on any atom is -0.324 e. The molecule has 5 heteroatoms. The Labute approximate surface area is 98.4 Å². The fourth-order valence-corrected chi connectivity index (χ4v) is 1.49. The standard InChI is InChI=1S/C9H6Br2N2O/c10-4-9(14)13-8-2-1-6(5-12)3-7(8)11/h1-3H,4H2,(H,13,14). The lowest BCUT2D eigenvalue weighted by atomic mass is 10.2. The Morgan fingerprint density at radius 1 is 1.57 bits per heavy atom. The first-order valence-corrected chi connectivity index (χ1v) is 5.64. The van der Waals surface area contributed by atoms with Gasteiger partial charge in [0.1, 0.15) is 0 Å². The molecule has 0 aliphatic carbocycles. The molecule has 0 saturated heterocycles. The van der Waals surface area contributed by atoms with E-state index in [9.17, 15) is 4.79 Å². The molecule has 3 nitrogen and oxygen atoms in total. The van der Waals surface area contributed by atoms with E-state index in [-0.39, 0.29) is 11.2 Å². The molecule has 1 aromatic carbocycles. The topological polar surface area (TPSA) is 52.9 Å². The Bertz CT molecular complexity index is 398. The van der Waals surface area contributed by atoms with Crippen LogP contribution in [0.3, 0.4) is 0 Å². The molecule has 1 N–H and O–H groups in total. The van der Waals surface area contributed by atoms with Crippen LogP contribution in [0, 0.1) is 11.3 Å². The van der Waals surface area contributed by atoms with Gasteiger partial charge in [0.2, 0.25) is 5.91 Å². The van der Waals surface area contributed by atoms with Gasteiger partial charge in [-0.3, -0.25) is 4.79 Å². The molecule has 0 atom stereocenters. The summed E-state index contributed by atoms with van der Waals surface area (Å²) in [6.45, 7) is 0. The van der Waals surface area contributed by atoms with E-state index >= 15 is 0 Å². The smallest absolute Gasteiger partial charge is 0.235 e. The van der Waals surface area contributed by atoms with Crippen molar-refractivity contribution in [1.82, 2.24) is 0 Å². The summed E-state index contributed by atoms with van der Waals surface area (Å²) in [5, 5.41) is 11.5. The first kappa shape index (κ1) is 11.2. The number of alkyl halides is 1. The number of nitriles is 1. The third-order valence-electron chi connectivity index (χ3n) is 1.49. The molecule has 14 heavy (non-hydrogen) atoms. The Morgan fingerprint density at radius 3 is 2.79 bits per heavy atom. The molecule has 1 rings (SSSR count). The number of hydrogen-bond acceptors (Lipinski definition) is 2. The molecule has 0 heterocycles. The van der Waals surface area contributed by atoms with Gasteiger partial charge >= 0.3 is 0 Å². The lowest BCUT2D eigenvalue weighted by molar-refractivity contribution is -0.113. The molecule has 0 spiro atoms. The lowest BCUT2D eigenvalue weighted by Crippen LogP contribution is -2.12. The Hall–Kier alpha value is -0.860. The van der Waals surface area contributed by atoms with Crippen molar-refractivity contribution in [3.63, 3.8) is 0 Å². The molecule has 0 unspecified atom stereocenters. The number of rotatable bonds is 2. The van der Waals surface area contributed by atoms with Crippen LogP contribution >= 0.6 is 31.9 Å². The van der Waals surface area contributed by atoms with Gasteiger partial charge in [-0.25, -0.2) is 0 Å². The molecule has 1 amide bonds. The van der Waals surface area contributed by atoms with Crippen LogP contribution in [0.4, 0.5) is 5.69 Å². The number of amides is 1. The van der Waals surface area contributed by atoms with Crippen LogP contribution in [0.5, 0.6) is 0 Å². The van der Waals surface area contributed by atoms with Crippen LogP contribution in [0.25, 0.3) is 0 Å². The molecule has 0 saturated carbocycles. The molecule has 0 aliphatic heterocycles. The summed E-state index contributed by atoms with van der Waals surface area (Å²) in [7, 11) is 0. The van der Waals surface area contributed by atoms with Crippen molar-refractivity contribution in [2.24, 2.45) is 0 Å². The minimum absolute atomic E-state index is 0.129. The number of hydrogen-bond donors (Lipinski definition) is 1. The van der Waals surface area contributed by atoms with E-state index in [0.717, 1.165) is 0 Å². The number of anilines is 1. The number of nitrogens with one attached hydrogen (secondary N) is 1. The summed E-state index contributed by atoms with van der Waals surface area (Å²) in [5.41, 5.74) is 1.21. The number of benzene rings is 1. The van der Waals surface area contributed by atoms with Crippen LogP contribution in [-0.4, -0.2) is 11.2 Å². The molecule has 0 radical (unpaired) electrons. The summed E-state index contributed by atoms with van der Waals surface area (Å²) in [6.07, 6.45) is 0. The largest absolute Gasteiger partial charge is 0.324 e. The van der Waals surface area contributed by atoms with Crippen molar-refractivity contribution in [2.75, 3.05) is 10.6 Å². The van der Waals surface area contributed by atoms with Crippen LogP contribution in [0.2, 0.25) is 0 Å². The summed E-state index contributed by atoms with van der Waals surface area (Å²) in [6, 6.07) is 7.00. The zero-order chi connectivity index (χ0) is 10.6. The summed E-state index contributed by atoms with van der Waals surface area (Å²) < 4.78 is 0.700. The van der Waals surface area contributed by atoms with Gasteiger partial charge in [-0.15, -0.1) is 0 Å². The van der Waals surface area contributed by atoms with E-state index in [4.69, 9.17) is 5.26 Å². The van der Waals surface area contributed by atoms with Gasteiger partial charge in [-0.1, -0.05) is 15.9 Å². The molecule has 0 bridgehead atoms.